The van der Waals surface area contributed by atoms with Crippen molar-refractivity contribution in [1.29, 1.82) is 0 Å². The molecule has 1 saturated heterocycles. The maximum atomic E-state index is 10.6. The minimum absolute atomic E-state index is 0.278. The van der Waals surface area contributed by atoms with Crippen molar-refractivity contribution in [2.24, 2.45) is 0 Å². The number of hydrogen-bond donors (Lipinski definition) is 1. The molecule has 2 aromatic carbocycles. The fourth-order valence-electron chi connectivity index (χ4n) is 3.39. The maximum absolute atomic E-state index is 10.6. The second-order valence-corrected chi connectivity index (χ2v) is 7.32. The zero-order valence-electron chi connectivity index (χ0n) is 17.2. The molecule has 0 aromatic heterocycles. The Balaban J connectivity index is 1.54. The molecule has 1 N–H and O–H groups in total. The summed E-state index contributed by atoms with van der Waals surface area (Å²) in [4.78, 5) is 4.70. The van der Waals surface area contributed by atoms with Crippen LogP contribution in [0.2, 0.25) is 0 Å². The summed E-state index contributed by atoms with van der Waals surface area (Å²) in [5.41, 5.74) is 1.20. The molecule has 0 aliphatic carbocycles. The van der Waals surface area contributed by atoms with Crippen molar-refractivity contribution in [3.8, 4) is 11.5 Å². The molecule has 1 atom stereocenters. The molecular formula is C23H32N2O4. The number of nitrogens with zero attached hydrogens (tertiary/aromatic N) is 2. The minimum atomic E-state index is -0.557. The van der Waals surface area contributed by atoms with E-state index in [4.69, 9.17) is 14.2 Å². The van der Waals surface area contributed by atoms with Crippen molar-refractivity contribution in [2.45, 2.75) is 12.6 Å². The highest BCUT2D eigenvalue weighted by atomic mass is 16.5. The molecule has 1 aliphatic heterocycles. The fourth-order valence-corrected chi connectivity index (χ4v) is 3.39. The highest BCUT2D eigenvalue weighted by Gasteiger charge is 2.16. The van der Waals surface area contributed by atoms with Crippen molar-refractivity contribution in [3.63, 3.8) is 0 Å². The number of morpholine rings is 1. The van der Waals surface area contributed by atoms with E-state index in [1.165, 1.54) is 5.56 Å². The molecule has 0 saturated carbocycles. The van der Waals surface area contributed by atoms with Crippen molar-refractivity contribution >= 4 is 0 Å². The Morgan fingerprint density at radius 1 is 1.03 bits per heavy atom. The summed E-state index contributed by atoms with van der Waals surface area (Å²) in [6.45, 7) is 6.99. The number of benzene rings is 2. The normalized spacial score (nSPS) is 16.0. The first-order chi connectivity index (χ1) is 14.2. The summed E-state index contributed by atoms with van der Waals surface area (Å²) < 4.78 is 16.4. The molecule has 29 heavy (non-hydrogen) atoms. The quantitative estimate of drug-likeness (QED) is 0.625. The molecular weight excluding hydrogens is 368 g/mol. The van der Waals surface area contributed by atoms with Crippen molar-refractivity contribution in [2.75, 3.05) is 59.7 Å². The Morgan fingerprint density at radius 2 is 1.76 bits per heavy atom. The van der Waals surface area contributed by atoms with E-state index in [9.17, 15) is 5.11 Å². The van der Waals surface area contributed by atoms with Gasteiger partial charge in [0, 0.05) is 39.3 Å². The van der Waals surface area contributed by atoms with E-state index in [-0.39, 0.29) is 6.61 Å². The van der Waals surface area contributed by atoms with Crippen LogP contribution in [0.1, 0.15) is 5.56 Å². The Morgan fingerprint density at radius 3 is 2.45 bits per heavy atom. The molecule has 6 heteroatoms. The van der Waals surface area contributed by atoms with Crippen molar-refractivity contribution in [1.82, 2.24) is 9.80 Å². The van der Waals surface area contributed by atoms with E-state index in [1.807, 2.05) is 42.5 Å². The van der Waals surface area contributed by atoms with E-state index in [0.29, 0.717) is 6.54 Å². The van der Waals surface area contributed by atoms with Crippen LogP contribution in [0.4, 0.5) is 0 Å². The lowest BCUT2D eigenvalue weighted by molar-refractivity contribution is 0.0256. The Hall–Kier alpha value is -2.12. The molecule has 0 radical (unpaired) electrons. The summed E-state index contributed by atoms with van der Waals surface area (Å²) in [6, 6.07) is 17.7. The average molecular weight is 401 g/mol. The largest absolute Gasteiger partial charge is 0.497 e. The monoisotopic (exact) mass is 400 g/mol. The van der Waals surface area contributed by atoms with Gasteiger partial charge in [0.05, 0.1) is 20.3 Å². The number of hydrogen-bond acceptors (Lipinski definition) is 6. The lowest BCUT2D eigenvalue weighted by atomic mass is 10.2. The summed E-state index contributed by atoms with van der Waals surface area (Å²) >= 11 is 0. The molecule has 1 aliphatic rings. The van der Waals surface area contributed by atoms with Crippen LogP contribution in [0.5, 0.6) is 11.5 Å². The zero-order valence-corrected chi connectivity index (χ0v) is 17.2. The van der Waals surface area contributed by atoms with Gasteiger partial charge in [0.1, 0.15) is 24.2 Å². The average Bonchev–Trinajstić information content (AvgIpc) is 2.78. The topological polar surface area (TPSA) is 54.4 Å². The number of aliphatic hydroxyl groups excluding tert-OH is 1. The minimum Gasteiger partial charge on any atom is -0.497 e. The van der Waals surface area contributed by atoms with Gasteiger partial charge in [0.25, 0.3) is 0 Å². The summed E-state index contributed by atoms with van der Waals surface area (Å²) in [5, 5.41) is 10.6. The molecule has 1 unspecified atom stereocenters. The Labute approximate surface area is 173 Å². The SMILES string of the molecule is COc1ccc(CN(CCN2CCOCC2)CC(O)COc2ccccc2)cc1. The van der Waals surface area contributed by atoms with Crippen LogP contribution >= 0.6 is 0 Å². The lowest BCUT2D eigenvalue weighted by Crippen LogP contribution is -2.43. The third-order valence-electron chi connectivity index (χ3n) is 5.06. The molecule has 0 bridgehead atoms. The van der Waals surface area contributed by atoms with Gasteiger partial charge in [-0.05, 0) is 29.8 Å². The first-order valence-corrected chi connectivity index (χ1v) is 10.2. The van der Waals surface area contributed by atoms with Crippen LogP contribution in [0.3, 0.4) is 0 Å². The van der Waals surface area contributed by atoms with E-state index in [1.54, 1.807) is 7.11 Å². The first-order valence-electron chi connectivity index (χ1n) is 10.2. The molecule has 0 spiro atoms. The summed E-state index contributed by atoms with van der Waals surface area (Å²) in [7, 11) is 1.67. The van der Waals surface area contributed by atoms with Gasteiger partial charge in [-0.25, -0.2) is 0 Å². The highest BCUT2D eigenvalue weighted by molar-refractivity contribution is 5.27. The van der Waals surface area contributed by atoms with Gasteiger partial charge in [-0.1, -0.05) is 30.3 Å². The number of aliphatic hydroxyl groups is 1. The first kappa shape index (κ1) is 21.6. The number of methoxy groups -OCH3 is 1. The van der Waals surface area contributed by atoms with E-state index in [2.05, 4.69) is 21.9 Å². The van der Waals surface area contributed by atoms with Crippen LogP contribution in [-0.2, 0) is 11.3 Å². The van der Waals surface area contributed by atoms with Gasteiger partial charge < -0.3 is 19.3 Å². The van der Waals surface area contributed by atoms with Gasteiger partial charge in [-0.3, -0.25) is 9.80 Å². The van der Waals surface area contributed by atoms with Gasteiger partial charge in [0.2, 0.25) is 0 Å². The standard InChI is InChI=1S/C23H32N2O4/c1-27-22-9-7-20(8-10-22)17-25(12-11-24-13-15-28-16-14-24)18-21(26)19-29-23-5-3-2-4-6-23/h2-10,21,26H,11-19H2,1H3. The van der Waals surface area contributed by atoms with Crippen molar-refractivity contribution < 1.29 is 19.3 Å². The second-order valence-electron chi connectivity index (χ2n) is 7.32. The second kappa shape index (κ2) is 11.8. The van der Waals surface area contributed by atoms with Crippen LogP contribution in [0.25, 0.3) is 0 Å². The van der Waals surface area contributed by atoms with Crippen molar-refractivity contribution in [3.05, 3.63) is 60.2 Å². The molecule has 2 aromatic rings. The van der Waals surface area contributed by atoms with Gasteiger partial charge in [0.15, 0.2) is 0 Å². The Bertz CT molecular complexity index is 690. The van der Waals surface area contributed by atoms with Crippen LogP contribution in [0.15, 0.2) is 54.6 Å². The van der Waals surface area contributed by atoms with Gasteiger partial charge >= 0.3 is 0 Å². The molecule has 1 heterocycles. The summed E-state index contributed by atoms with van der Waals surface area (Å²) in [6.07, 6.45) is -0.557. The molecule has 0 amide bonds. The number of ether oxygens (including phenoxy) is 3. The van der Waals surface area contributed by atoms with E-state index >= 15 is 0 Å². The van der Waals surface area contributed by atoms with Crippen LogP contribution in [-0.4, -0.2) is 80.7 Å². The third-order valence-corrected chi connectivity index (χ3v) is 5.06. The molecule has 1 fully saturated rings. The fraction of sp³-hybridized carbons (Fsp3) is 0.478. The Kier molecular flexibility index (Phi) is 8.77. The number of para-hydroxylation sites is 1. The number of rotatable bonds is 11. The highest BCUT2D eigenvalue weighted by Crippen LogP contribution is 2.14. The predicted octanol–water partition coefficient (Wildman–Crippen LogP) is 2.27. The van der Waals surface area contributed by atoms with Crippen LogP contribution < -0.4 is 9.47 Å². The maximum Gasteiger partial charge on any atom is 0.119 e. The van der Waals surface area contributed by atoms with Crippen LogP contribution in [0, 0.1) is 0 Å². The van der Waals surface area contributed by atoms with E-state index in [0.717, 1.165) is 57.4 Å². The van der Waals surface area contributed by atoms with Gasteiger partial charge in [-0.15, -0.1) is 0 Å². The molecule has 158 valence electrons. The summed E-state index contributed by atoms with van der Waals surface area (Å²) in [5.74, 6) is 1.63. The predicted molar refractivity (Wildman–Crippen MR) is 113 cm³/mol. The van der Waals surface area contributed by atoms with E-state index < -0.39 is 6.10 Å². The molecule has 6 nitrogen and oxygen atoms in total. The lowest BCUT2D eigenvalue weighted by Gasteiger charge is -2.31. The van der Waals surface area contributed by atoms with Gasteiger partial charge in [-0.2, -0.15) is 0 Å². The molecule has 3 rings (SSSR count). The zero-order chi connectivity index (χ0) is 20.3. The smallest absolute Gasteiger partial charge is 0.119 e. The third kappa shape index (κ3) is 7.66.